The lowest BCUT2D eigenvalue weighted by atomic mass is 9.62. The van der Waals surface area contributed by atoms with Gasteiger partial charge >= 0.3 is 0 Å². The zero-order chi connectivity index (χ0) is 19.6. The van der Waals surface area contributed by atoms with Gasteiger partial charge in [-0.25, -0.2) is 0 Å². The highest BCUT2D eigenvalue weighted by Crippen LogP contribution is 2.44. The summed E-state index contributed by atoms with van der Waals surface area (Å²) in [5.41, 5.74) is 1.80. The van der Waals surface area contributed by atoms with Gasteiger partial charge in [-0.15, -0.1) is 0 Å². The van der Waals surface area contributed by atoms with Crippen LogP contribution in [0.5, 0.6) is 0 Å². The van der Waals surface area contributed by atoms with Crippen molar-refractivity contribution in [3.05, 3.63) is 69.3 Å². The van der Waals surface area contributed by atoms with E-state index >= 15 is 0 Å². The van der Waals surface area contributed by atoms with Gasteiger partial charge in [-0.1, -0.05) is 42.5 Å². The van der Waals surface area contributed by atoms with E-state index in [4.69, 9.17) is 0 Å². The van der Waals surface area contributed by atoms with Crippen LogP contribution in [0.2, 0.25) is 0 Å². The average molecular weight is 488 g/mol. The van der Waals surface area contributed by atoms with E-state index in [0.29, 0.717) is 12.8 Å². The zero-order valence-corrected chi connectivity index (χ0v) is 18.0. The molecule has 0 saturated carbocycles. The predicted octanol–water partition coefficient (Wildman–Crippen LogP) is 3.88. The van der Waals surface area contributed by atoms with Crippen LogP contribution in [0.15, 0.2) is 54.6 Å². The van der Waals surface area contributed by atoms with Gasteiger partial charge in [0.2, 0.25) is 11.8 Å². The summed E-state index contributed by atoms with van der Waals surface area (Å²) in [6, 6.07) is 18.7. The molecule has 0 radical (unpaired) electrons. The van der Waals surface area contributed by atoms with Crippen molar-refractivity contribution in [2.75, 3.05) is 13.1 Å². The Balaban J connectivity index is 1.51. The Kier molecular flexibility index (Phi) is 5.83. The van der Waals surface area contributed by atoms with Crippen molar-refractivity contribution in [2.24, 2.45) is 5.92 Å². The van der Waals surface area contributed by atoms with Crippen molar-refractivity contribution < 1.29 is 9.59 Å². The third-order valence-electron chi connectivity index (χ3n) is 6.30. The van der Waals surface area contributed by atoms with Gasteiger partial charge in [-0.2, -0.15) is 0 Å². The first-order valence-electron chi connectivity index (χ1n) is 9.94. The summed E-state index contributed by atoms with van der Waals surface area (Å²) in [6.07, 6.45) is 2.98. The van der Waals surface area contributed by atoms with Gasteiger partial charge in [-0.3, -0.25) is 19.8 Å². The number of piperidine rings is 2. The molecule has 28 heavy (non-hydrogen) atoms. The third kappa shape index (κ3) is 3.87. The molecule has 0 spiro atoms. The summed E-state index contributed by atoms with van der Waals surface area (Å²) >= 11 is 2.33. The summed E-state index contributed by atoms with van der Waals surface area (Å²) < 4.78 is 1.25. The number of carbonyl (C=O) groups is 2. The maximum Gasteiger partial charge on any atom is 0.237 e. The van der Waals surface area contributed by atoms with Crippen LogP contribution in [-0.2, 0) is 21.5 Å². The average Bonchev–Trinajstić information content (AvgIpc) is 2.72. The Labute approximate surface area is 179 Å². The van der Waals surface area contributed by atoms with E-state index in [-0.39, 0.29) is 17.7 Å². The standard InChI is InChI=1S/C23H25IN2O2/c24-20-8-6-17(7-9-20)16-26-14-11-19(12-15-26)23(18-4-2-1-3-5-18)13-10-21(27)25-22(23)28/h1-9,19H,10-16H2,(H,25,27,28)/t23-/m1/s1. The molecule has 4 nitrogen and oxygen atoms in total. The van der Waals surface area contributed by atoms with Crippen molar-refractivity contribution >= 4 is 34.4 Å². The van der Waals surface area contributed by atoms with E-state index in [1.807, 2.05) is 30.3 Å². The summed E-state index contributed by atoms with van der Waals surface area (Å²) in [4.78, 5) is 27.4. The largest absolute Gasteiger partial charge is 0.299 e. The number of rotatable bonds is 4. The molecule has 5 heteroatoms. The van der Waals surface area contributed by atoms with Gasteiger partial charge in [0.15, 0.2) is 0 Å². The highest BCUT2D eigenvalue weighted by molar-refractivity contribution is 14.1. The van der Waals surface area contributed by atoms with Crippen LogP contribution in [0, 0.1) is 9.49 Å². The minimum atomic E-state index is -0.579. The normalized spacial score (nSPS) is 24.2. The van der Waals surface area contributed by atoms with Crippen molar-refractivity contribution in [2.45, 2.75) is 37.6 Å². The van der Waals surface area contributed by atoms with Crippen LogP contribution < -0.4 is 5.32 Å². The molecule has 1 N–H and O–H groups in total. The summed E-state index contributed by atoms with van der Waals surface area (Å²) in [5, 5.41) is 2.63. The number of nitrogens with one attached hydrogen (secondary N) is 1. The summed E-state index contributed by atoms with van der Waals surface area (Å²) in [7, 11) is 0. The number of carbonyl (C=O) groups excluding carboxylic acids is 2. The second-order valence-corrected chi connectivity index (χ2v) is 9.14. The zero-order valence-electron chi connectivity index (χ0n) is 15.9. The van der Waals surface area contributed by atoms with Gasteiger partial charge in [0.05, 0.1) is 5.41 Å². The van der Waals surface area contributed by atoms with Gasteiger partial charge in [-0.05, 0) is 84.1 Å². The van der Waals surface area contributed by atoms with Crippen LogP contribution in [-0.4, -0.2) is 29.8 Å². The fourth-order valence-corrected chi connectivity index (χ4v) is 5.15. The summed E-state index contributed by atoms with van der Waals surface area (Å²) in [6.45, 7) is 2.91. The molecule has 4 rings (SSSR count). The quantitative estimate of drug-likeness (QED) is 0.525. The van der Waals surface area contributed by atoms with Crippen LogP contribution >= 0.6 is 22.6 Å². The Morgan fingerprint density at radius 1 is 1.00 bits per heavy atom. The maximum atomic E-state index is 13.1. The van der Waals surface area contributed by atoms with E-state index in [2.05, 4.69) is 57.1 Å². The van der Waals surface area contributed by atoms with Gasteiger partial charge in [0.25, 0.3) is 0 Å². The lowest BCUT2D eigenvalue weighted by Crippen LogP contribution is -2.57. The Bertz CT molecular complexity index is 845. The minimum absolute atomic E-state index is 0.106. The number of likely N-dealkylation sites (tertiary alicyclic amines) is 1. The molecule has 2 amide bonds. The molecule has 2 heterocycles. The first-order chi connectivity index (χ1) is 13.6. The number of hydrogen-bond acceptors (Lipinski definition) is 3. The van der Waals surface area contributed by atoms with Crippen LogP contribution in [0.25, 0.3) is 0 Å². The molecular formula is C23H25IN2O2. The van der Waals surface area contributed by atoms with Crippen LogP contribution in [0.4, 0.5) is 0 Å². The van der Waals surface area contributed by atoms with Gasteiger partial charge in [0, 0.05) is 16.5 Å². The number of amides is 2. The first-order valence-corrected chi connectivity index (χ1v) is 11.0. The number of nitrogens with zero attached hydrogens (tertiary/aromatic N) is 1. The number of halogens is 1. The molecular weight excluding hydrogens is 463 g/mol. The third-order valence-corrected chi connectivity index (χ3v) is 7.02. The monoisotopic (exact) mass is 488 g/mol. The molecule has 2 aliphatic heterocycles. The van der Waals surface area contributed by atoms with E-state index in [1.165, 1.54) is 9.13 Å². The number of hydrogen-bond donors (Lipinski definition) is 1. The molecule has 0 aliphatic carbocycles. The molecule has 2 fully saturated rings. The lowest BCUT2D eigenvalue weighted by Gasteiger charge is -2.45. The topological polar surface area (TPSA) is 49.4 Å². The van der Waals surface area contributed by atoms with Crippen molar-refractivity contribution in [1.82, 2.24) is 10.2 Å². The fraction of sp³-hybridized carbons (Fsp3) is 0.391. The first kappa shape index (κ1) is 19.6. The second-order valence-electron chi connectivity index (χ2n) is 7.89. The minimum Gasteiger partial charge on any atom is -0.299 e. The molecule has 146 valence electrons. The number of imide groups is 1. The SMILES string of the molecule is O=C1CC[C@@](c2ccccc2)(C2CCN(Cc3ccc(I)cc3)CC2)C(=O)N1. The van der Waals surface area contributed by atoms with Crippen molar-refractivity contribution in [3.8, 4) is 0 Å². The Morgan fingerprint density at radius 3 is 2.32 bits per heavy atom. The van der Waals surface area contributed by atoms with Crippen LogP contribution in [0.1, 0.15) is 36.8 Å². The molecule has 2 aliphatic rings. The summed E-state index contributed by atoms with van der Waals surface area (Å²) in [5.74, 6) is 0.00899. The highest BCUT2D eigenvalue weighted by atomic mass is 127. The molecule has 0 aromatic heterocycles. The fourth-order valence-electron chi connectivity index (χ4n) is 4.79. The van der Waals surface area contributed by atoms with Crippen LogP contribution in [0.3, 0.4) is 0 Å². The highest BCUT2D eigenvalue weighted by Gasteiger charge is 2.50. The van der Waals surface area contributed by atoms with Gasteiger partial charge < -0.3 is 0 Å². The molecule has 2 saturated heterocycles. The van der Waals surface area contributed by atoms with Crippen molar-refractivity contribution in [1.29, 1.82) is 0 Å². The van der Waals surface area contributed by atoms with E-state index in [0.717, 1.165) is 38.0 Å². The smallest absolute Gasteiger partial charge is 0.237 e. The predicted molar refractivity (Wildman–Crippen MR) is 118 cm³/mol. The number of benzene rings is 2. The molecule has 2 aromatic rings. The van der Waals surface area contributed by atoms with E-state index < -0.39 is 5.41 Å². The van der Waals surface area contributed by atoms with E-state index in [1.54, 1.807) is 0 Å². The molecule has 1 atom stereocenters. The second kappa shape index (κ2) is 8.33. The Morgan fingerprint density at radius 2 is 1.68 bits per heavy atom. The molecule has 2 aromatic carbocycles. The maximum absolute atomic E-state index is 13.1. The van der Waals surface area contributed by atoms with Crippen molar-refractivity contribution in [3.63, 3.8) is 0 Å². The molecule has 0 unspecified atom stereocenters. The lowest BCUT2D eigenvalue weighted by molar-refractivity contribution is -0.140. The van der Waals surface area contributed by atoms with E-state index in [9.17, 15) is 9.59 Å². The molecule has 0 bridgehead atoms. The van der Waals surface area contributed by atoms with Gasteiger partial charge in [0.1, 0.15) is 0 Å². The Hall–Kier alpha value is -1.73.